The van der Waals surface area contributed by atoms with Gasteiger partial charge in [0.1, 0.15) is 5.82 Å². The lowest BCUT2D eigenvalue weighted by molar-refractivity contribution is 0.680. The van der Waals surface area contributed by atoms with Gasteiger partial charge in [0.2, 0.25) is 0 Å². The number of nitrogens with zero attached hydrogens (tertiary/aromatic N) is 2. The minimum Gasteiger partial charge on any atom is -0.341 e. The van der Waals surface area contributed by atoms with Crippen LogP contribution in [0, 0.1) is 11.3 Å². The quantitative estimate of drug-likeness (QED) is 0.769. The Labute approximate surface area is 141 Å². The van der Waals surface area contributed by atoms with E-state index in [0.717, 1.165) is 22.4 Å². The van der Waals surface area contributed by atoms with E-state index in [0.29, 0.717) is 12.0 Å². The van der Waals surface area contributed by atoms with Crippen molar-refractivity contribution in [2.75, 3.05) is 0 Å². The number of nitriles is 1. The van der Waals surface area contributed by atoms with Crippen LogP contribution in [0.3, 0.4) is 0 Å². The fraction of sp³-hybridized carbons (Fsp3) is 0.125. The van der Waals surface area contributed by atoms with Crippen molar-refractivity contribution in [2.24, 2.45) is 5.73 Å². The topological polar surface area (TPSA) is 78.5 Å². The second-order valence-electron chi connectivity index (χ2n) is 4.76. The Balaban J connectivity index is 0.00000121. The minimum absolute atomic E-state index is 0. The molecule has 2 aromatic carbocycles. The van der Waals surface area contributed by atoms with Crippen LogP contribution < -0.4 is 5.73 Å². The maximum Gasteiger partial charge on any atom is 0.124 e. The molecular formula is C16H16Cl2N4. The van der Waals surface area contributed by atoms with Crippen LogP contribution in [-0.2, 0) is 6.42 Å². The number of rotatable bonds is 3. The molecule has 6 heteroatoms. The zero-order valence-electron chi connectivity index (χ0n) is 11.7. The number of benzene rings is 2. The summed E-state index contributed by atoms with van der Waals surface area (Å²) in [6.45, 7) is 0. The molecule has 22 heavy (non-hydrogen) atoms. The highest BCUT2D eigenvalue weighted by Gasteiger charge is 2.11. The van der Waals surface area contributed by atoms with Crippen LogP contribution in [0.25, 0.3) is 11.0 Å². The van der Waals surface area contributed by atoms with Gasteiger partial charge in [0, 0.05) is 0 Å². The number of nitrogens with one attached hydrogen (secondary N) is 1. The van der Waals surface area contributed by atoms with Gasteiger partial charge in [-0.25, -0.2) is 4.98 Å². The molecule has 1 aromatic heterocycles. The molecule has 0 amide bonds. The number of H-pyrrole nitrogens is 1. The smallest absolute Gasteiger partial charge is 0.124 e. The van der Waals surface area contributed by atoms with Crippen molar-refractivity contribution in [2.45, 2.75) is 12.5 Å². The monoisotopic (exact) mass is 334 g/mol. The summed E-state index contributed by atoms with van der Waals surface area (Å²) in [6, 6.07) is 17.3. The van der Waals surface area contributed by atoms with Crippen LogP contribution in [0.4, 0.5) is 0 Å². The number of halogens is 2. The summed E-state index contributed by atoms with van der Waals surface area (Å²) in [5.74, 6) is 0.788. The first-order chi connectivity index (χ1) is 9.76. The van der Waals surface area contributed by atoms with Crippen molar-refractivity contribution in [1.29, 1.82) is 5.26 Å². The van der Waals surface area contributed by atoms with E-state index in [4.69, 9.17) is 11.0 Å². The average molecular weight is 335 g/mol. The number of hydrogen-bond donors (Lipinski definition) is 2. The molecule has 0 bridgehead atoms. The normalized spacial score (nSPS) is 11.1. The molecule has 0 spiro atoms. The summed E-state index contributed by atoms with van der Waals surface area (Å²) >= 11 is 0. The molecule has 3 rings (SSSR count). The molecule has 0 saturated heterocycles. The number of nitrogens with two attached hydrogens (primary N) is 1. The number of hydrogen-bond acceptors (Lipinski definition) is 3. The van der Waals surface area contributed by atoms with Crippen molar-refractivity contribution < 1.29 is 0 Å². The molecule has 114 valence electrons. The van der Waals surface area contributed by atoms with E-state index < -0.39 is 0 Å². The first-order valence-electron chi connectivity index (χ1n) is 6.45. The zero-order valence-corrected chi connectivity index (χ0v) is 13.3. The molecule has 1 atom stereocenters. The van der Waals surface area contributed by atoms with Gasteiger partial charge in [0.25, 0.3) is 0 Å². The highest BCUT2D eigenvalue weighted by molar-refractivity contribution is 5.85. The standard InChI is InChI=1S/C16H14N4.2ClH/c17-10-12-7-5-11(6-8-12)9-13(18)16-19-14-3-1-2-4-15(14)20-16;;/h1-8,13H,9,18H2,(H,19,20);2*1H/t13-;;/m1../s1. The molecule has 0 saturated carbocycles. The summed E-state index contributed by atoms with van der Waals surface area (Å²) in [5.41, 5.74) is 9.88. The Morgan fingerprint density at radius 1 is 1.09 bits per heavy atom. The van der Waals surface area contributed by atoms with Crippen LogP contribution in [0.15, 0.2) is 48.5 Å². The van der Waals surface area contributed by atoms with E-state index in [1.807, 2.05) is 36.4 Å². The third-order valence-corrected chi connectivity index (χ3v) is 3.30. The maximum atomic E-state index is 8.78. The van der Waals surface area contributed by atoms with Gasteiger partial charge in [-0.3, -0.25) is 0 Å². The highest BCUT2D eigenvalue weighted by Crippen LogP contribution is 2.18. The van der Waals surface area contributed by atoms with E-state index >= 15 is 0 Å². The molecule has 3 aromatic rings. The van der Waals surface area contributed by atoms with E-state index in [1.165, 1.54) is 0 Å². The Hall–Kier alpha value is -2.06. The predicted octanol–water partition coefficient (Wildman–Crippen LogP) is 3.52. The summed E-state index contributed by atoms with van der Waals surface area (Å²) in [7, 11) is 0. The SMILES string of the molecule is Cl.Cl.N#Cc1ccc(C[C@@H](N)c2nc3ccccc3[nH]2)cc1. The summed E-state index contributed by atoms with van der Waals surface area (Å²) in [6.07, 6.45) is 0.686. The third-order valence-electron chi connectivity index (χ3n) is 3.30. The van der Waals surface area contributed by atoms with Crippen molar-refractivity contribution >= 4 is 35.8 Å². The lowest BCUT2D eigenvalue weighted by atomic mass is 10.0. The van der Waals surface area contributed by atoms with Crippen molar-refractivity contribution in [1.82, 2.24) is 9.97 Å². The Morgan fingerprint density at radius 2 is 1.77 bits per heavy atom. The lowest BCUT2D eigenvalue weighted by Gasteiger charge is -2.08. The van der Waals surface area contributed by atoms with Gasteiger partial charge in [0.15, 0.2) is 0 Å². The molecule has 0 aliphatic heterocycles. The van der Waals surface area contributed by atoms with Gasteiger partial charge in [-0.1, -0.05) is 24.3 Å². The highest BCUT2D eigenvalue weighted by atomic mass is 35.5. The van der Waals surface area contributed by atoms with Gasteiger partial charge in [-0.05, 0) is 36.2 Å². The van der Waals surface area contributed by atoms with E-state index in [9.17, 15) is 0 Å². The van der Waals surface area contributed by atoms with Gasteiger partial charge < -0.3 is 10.7 Å². The summed E-state index contributed by atoms with van der Waals surface area (Å²) in [5, 5.41) is 8.78. The van der Waals surface area contributed by atoms with Gasteiger partial charge >= 0.3 is 0 Å². The molecular weight excluding hydrogens is 319 g/mol. The number of fused-ring (bicyclic) bond motifs is 1. The van der Waals surface area contributed by atoms with Crippen LogP contribution >= 0.6 is 24.8 Å². The number of aromatic amines is 1. The first-order valence-corrected chi connectivity index (χ1v) is 6.45. The van der Waals surface area contributed by atoms with E-state index in [2.05, 4.69) is 16.0 Å². The largest absolute Gasteiger partial charge is 0.341 e. The Bertz CT molecular complexity index is 742. The molecule has 0 radical (unpaired) electrons. The van der Waals surface area contributed by atoms with Gasteiger partial charge in [0.05, 0.1) is 28.7 Å². The van der Waals surface area contributed by atoms with E-state index in [1.54, 1.807) is 12.1 Å². The molecule has 0 unspecified atom stereocenters. The van der Waals surface area contributed by atoms with Crippen molar-refractivity contribution in [3.05, 3.63) is 65.5 Å². The van der Waals surface area contributed by atoms with Gasteiger partial charge in [-0.2, -0.15) is 5.26 Å². The third kappa shape index (κ3) is 3.77. The zero-order chi connectivity index (χ0) is 13.9. The maximum absolute atomic E-state index is 8.78. The van der Waals surface area contributed by atoms with Crippen LogP contribution in [-0.4, -0.2) is 9.97 Å². The first kappa shape index (κ1) is 18.0. The number of aromatic nitrogens is 2. The molecule has 1 heterocycles. The van der Waals surface area contributed by atoms with E-state index in [-0.39, 0.29) is 30.9 Å². The Kier molecular flexibility index (Phi) is 6.39. The number of imidazole rings is 1. The fourth-order valence-electron chi connectivity index (χ4n) is 2.21. The average Bonchev–Trinajstić information content (AvgIpc) is 2.92. The number of para-hydroxylation sites is 2. The molecule has 0 fully saturated rings. The summed E-state index contributed by atoms with van der Waals surface area (Å²) in [4.78, 5) is 7.76. The van der Waals surface area contributed by atoms with Crippen LogP contribution in [0.2, 0.25) is 0 Å². The molecule has 4 nitrogen and oxygen atoms in total. The van der Waals surface area contributed by atoms with Gasteiger partial charge in [-0.15, -0.1) is 24.8 Å². The second kappa shape index (κ2) is 7.81. The van der Waals surface area contributed by atoms with Crippen molar-refractivity contribution in [3.63, 3.8) is 0 Å². The fourth-order valence-corrected chi connectivity index (χ4v) is 2.21. The van der Waals surface area contributed by atoms with Crippen molar-refractivity contribution in [3.8, 4) is 6.07 Å². The van der Waals surface area contributed by atoms with Crippen LogP contribution in [0.1, 0.15) is 23.0 Å². The second-order valence-corrected chi connectivity index (χ2v) is 4.76. The minimum atomic E-state index is -0.185. The lowest BCUT2D eigenvalue weighted by Crippen LogP contribution is -2.14. The summed E-state index contributed by atoms with van der Waals surface area (Å²) < 4.78 is 0. The Morgan fingerprint density at radius 3 is 2.41 bits per heavy atom. The molecule has 3 N–H and O–H groups in total. The van der Waals surface area contributed by atoms with Crippen LogP contribution in [0.5, 0.6) is 0 Å². The molecule has 0 aliphatic rings. The predicted molar refractivity (Wildman–Crippen MR) is 92.4 cm³/mol. The molecule has 0 aliphatic carbocycles.